The third-order valence-electron chi connectivity index (χ3n) is 1.79. The van der Waals surface area contributed by atoms with Crippen LogP contribution >= 0.6 is 0 Å². The number of aliphatic hydroxyl groups is 1. The maximum absolute atomic E-state index is 10.3. The van der Waals surface area contributed by atoms with E-state index in [1.165, 1.54) is 6.20 Å². The first kappa shape index (κ1) is 10.7. The molecule has 0 aliphatic heterocycles. The van der Waals surface area contributed by atoms with E-state index in [0.29, 0.717) is 24.2 Å². The van der Waals surface area contributed by atoms with Crippen LogP contribution in [-0.4, -0.2) is 29.1 Å². The Kier molecular flexibility index (Phi) is 4.07. The summed E-state index contributed by atoms with van der Waals surface area (Å²) in [5.41, 5.74) is 0.369. The SMILES string of the molecule is CCC(O)COc1ccc(C=O)nc1. The van der Waals surface area contributed by atoms with Crippen molar-refractivity contribution in [1.82, 2.24) is 4.98 Å². The van der Waals surface area contributed by atoms with Crippen molar-refractivity contribution in [2.75, 3.05) is 6.61 Å². The molecule has 0 aliphatic rings. The van der Waals surface area contributed by atoms with E-state index in [1.807, 2.05) is 6.92 Å². The largest absolute Gasteiger partial charge is 0.489 e. The maximum atomic E-state index is 10.3. The Morgan fingerprint density at radius 1 is 1.64 bits per heavy atom. The number of carbonyl (C=O) groups excluding carboxylic acids is 1. The quantitative estimate of drug-likeness (QED) is 0.713. The molecule has 14 heavy (non-hydrogen) atoms. The van der Waals surface area contributed by atoms with E-state index < -0.39 is 6.10 Å². The Hall–Kier alpha value is -1.42. The van der Waals surface area contributed by atoms with Gasteiger partial charge in [-0.1, -0.05) is 6.92 Å². The summed E-state index contributed by atoms with van der Waals surface area (Å²) in [6, 6.07) is 3.22. The summed E-state index contributed by atoms with van der Waals surface area (Å²) in [7, 11) is 0. The highest BCUT2D eigenvalue weighted by Gasteiger charge is 2.01. The van der Waals surface area contributed by atoms with Crippen molar-refractivity contribution in [3.8, 4) is 5.75 Å². The van der Waals surface area contributed by atoms with Crippen LogP contribution in [0.3, 0.4) is 0 Å². The molecule has 4 heteroatoms. The summed E-state index contributed by atoms with van der Waals surface area (Å²) >= 11 is 0. The van der Waals surface area contributed by atoms with Crippen molar-refractivity contribution in [3.63, 3.8) is 0 Å². The zero-order chi connectivity index (χ0) is 10.4. The van der Waals surface area contributed by atoms with Gasteiger partial charge in [-0.05, 0) is 18.6 Å². The van der Waals surface area contributed by atoms with E-state index in [-0.39, 0.29) is 6.61 Å². The van der Waals surface area contributed by atoms with E-state index in [4.69, 9.17) is 4.74 Å². The van der Waals surface area contributed by atoms with Crippen LogP contribution in [0.25, 0.3) is 0 Å². The fourth-order valence-corrected chi connectivity index (χ4v) is 0.857. The van der Waals surface area contributed by atoms with Crippen LogP contribution in [0.15, 0.2) is 18.3 Å². The number of carbonyl (C=O) groups is 1. The first-order valence-corrected chi connectivity index (χ1v) is 4.48. The molecule has 0 aromatic carbocycles. The van der Waals surface area contributed by atoms with Crippen LogP contribution in [0, 0.1) is 0 Å². The molecule has 0 saturated heterocycles. The van der Waals surface area contributed by atoms with Crippen molar-refractivity contribution in [2.45, 2.75) is 19.4 Å². The summed E-state index contributed by atoms with van der Waals surface area (Å²) in [5.74, 6) is 0.558. The summed E-state index contributed by atoms with van der Waals surface area (Å²) in [4.78, 5) is 14.1. The summed E-state index contributed by atoms with van der Waals surface area (Å²) in [6.45, 7) is 2.13. The molecule has 0 amide bonds. The van der Waals surface area contributed by atoms with Gasteiger partial charge in [-0.2, -0.15) is 0 Å². The number of nitrogens with zero attached hydrogens (tertiary/aromatic N) is 1. The van der Waals surface area contributed by atoms with Crippen molar-refractivity contribution in [1.29, 1.82) is 0 Å². The summed E-state index contributed by atoms with van der Waals surface area (Å²) in [6.07, 6.45) is 2.33. The van der Waals surface area contributed by atoms with Gasteiger partial charge in [0.2, 0.25) is 0 Å². The Labute approximate surface area is 82.5 Å². The van der Waals surface area contributed by atoms with Crippen LogP contribution in [0.4, 0.5) is 0 Å². The van der Waals surface area contributed by atoms with Crippen molar-refractivity contribution < 1.29 is 14.6 Å². The average Bonchev–Trinajstić information content (AvgIpc) is 2.26. The molecule has 1 rings (SSSR count). The van der Waals surface area contributed by atoms with Crippen molar-refractivity contribution >= 4 is 6.29 Å². The second-order valence-corrected chi connectivity index (χ2v) is 2.91. The monoisotopic (exact) mass is 195 g/mol. The number of aldehydes is 1. The fraction of sp³-hybridized carbons (Fsp3) is 0.400. The van der Waals surface area contributed by atoms with E-state index in [1.54, 1.807) is 12.1 Å². The second-order valence-electron chi connectivity index (χ2n) is 2.91. The molecule has 0 bridgehead atoms. The van der Waals surface area contributed by atoms with Gasteiger partial charge in [0.15, 0.2) is 6.29 Å². The lowest BCUT2D eigenvalue weighted by Crippen LogP contribution is -2.16. The molecule has 0 aliphatic carbocycles. The third kappa shape index (κ3) is 3.14. The lowest BCUT2D eigenvalue weighted by atomic mass is 10.3. The lowest BCUT2D eigenvalue weighted by molar-refractivity contribution is 0.104. The highest BCUT2D eigenvalue weighted by Crippen LogP contribution is 2.08. The summed E-state index contributed by atoms with van der Waals surface area (Å²) in [5, 5.41) is 9.22. The minimum atomic E-state index is -0.458. The first-order chi connectivity index (χ1) is 6.76. The fourth-order valence-electron chi connectivity index (χ4n) is 0.857. The molecule has 0 radical (unpaired) electrons. The number of rotatable bonds is 5. The molecule has 4 nitrogen and oxygen atoms in total. The zero-order valence-electron chi connectivity index (χ0n) is 8.01. The maximum Gasteiger partial charge on any atom is 0.168 e. The van der Waals surface area contributed by atoms with Gasteiger partial charge >= 0.3 is 0 Å². The minimum absolute atomic E-state index is 0.249. The average molecular weight is 195 g/mol. The standard InChI is InChI=1S/C10H13NO3/c1-2-9(13)7-14-10-4-3-8(6-12)11-5-10/h3-6,9,13H,2,7H2,1H3. The highest BCUT2D eigenvalue weighted by atomic mass is 16.5. The molecule has 1 aromatic heterocycles. The summed E-state index contributed by atoms with van der Waals surface area (Å²) < 4.78 is 5.23. The molecule has 1 N–H and O–H groups in total. The normalized spacial score (nSPS) is 12.1. The van der Waals surface area contributed by atoms with Crippen molar-refractivity contribution in [3.05, 3.63) is 24.0 Å². The number of pyridine rings is 1. The minimum Gasteiger partial charge on any atom is -0.489 e. The first-order valence-electron chi connectivity index (χ1n) is 4.48. The van der Waals surface area contributed by atoms with Crippen LogP contribution in [-0.2, 0) is 0 Å². The molecule has 1 atom stereocenters. The number of aliphatic hydroxyl groups excluding tert-OH is 1. The molecular weight excluding hydrogens is 182 g/mol. The predicted molar refractivity (Wildman–Crippen MR) is 51.4 cm³/mol. The third-order valence-corrected chi connectivity index (χ3v) is 1.79. The molecule has 1 aromatic rings. The number of aromatic nitrogens is 1. The number of hydrogen-bond acceptors (Lipinski definition) is 4. The highest BCUT2D eigenvalue weighted by molar-refractivity contribution is 5.71. The topological polar surface area (TPSA) is 59.4 Å². The van der Waals surface area contributed by atoms with Gasteiger partial charge in [0.05, 0.1) is 12.3 Å². The molecule has 0 fully saturated rings. The molecule has 76 valence electrons. The Bertz CT molecular complexity index is 284. The second kappa shape index (κ2) is 5.34. The predicted octanol–water partition coefficient (Wildman–Crippen LogP) is 1.04. The van der Waals surface area contributed by atoms with E-state index in [9.17, 15) is 9.90 Å². The van der Waals surface area contributed by atoms with Crippen LogP contribution in [0.1, 0.15) is 23.8 Å². The van der Waals surface area contributed by atoms with Gasteiger partial charge in [-0.15, -0.1) is 0 Å². The number of hydrogen-bond donors (Lipinski definition) is 1. The van der Waals surface area contributed by atoms with Gasteiger partial charge in [0.1, 0.15) is 18.1 Å². The molecule has 0 spiro atoms. The molecule has 1 unspecified atom stereocenters. The Morgan fingerprint density at radius 3 is 2.93 bits per heavy atom. The van der Waals surface area contributed by atoms with Gasteiger partial charge in [0.25, 0.3) is 0 Å². The molecule has 1 heterocycles. The van der Waals surface area contributed by atoms with E-state index in [2.05, 4.69) is 4.98 Å². The van der Waals surface area contributed by atoms with Crippen molar-refractivity contribution in [2.24, 2.45) is 0 Å². The van der Waals surface area contributed by atoms with Crippen LogP contribution in [0.5, 0.6) is 5.75 Å². The van der Waals surface area contributed by atoms with E-state index in [0.717, 1.165) is 0 Å². The smallest absolute Gasteiger partial charge is 0.168 e. The zero-order valence-corrected chi connectivity index (χ0v) is 8.01. The van der Waals surface area contributed by atoms with Crippen LogP contribution in [0.2, 0.25) is 0 Å². The Balaban J connectivity index is 2.47. The molecular formula is C10H13NO3. The molecule has 0 saturated carbocycles. The van der Waals surface area contributed by atoms with Gasteiger partial charge in [0, 0.05) is 0 Å². The lowest BCUT2D eigenvalue weighted by Gasteiger charge is -2.09. The van der Waals surface area contributed by atoms with Gasteiger partial charge < -0.3 is 9.84 Å². The van der Waals surface area contributed by atoms with Gasteiger partial charge in [-0.25, -0.2) is 4.98 Å². The van der Waals surface area contributed by atoms with Crippen LogP contribution < -0.4 is 4.74 Å². The Morgan fingerprint density at radius 2 is 2.43 bits per heavy atom. The van der Waals surface area contributed by atoms with E-state index >= 15 is 0 Å². The number of ether oxygens (including phenoxy) is 1. The van der Waals surface area contributed by atoms with Gasteiger partial charge in [-0.3, -0.25) is 4.79 Å².